The van der Waals surface area contributed by atoms with Gasteiger partial charge in [-0.2, -0.15) is 0 Å². The molecule has 2 nitrogen and oxygen atoms in total. The molecule has 0 aliphatic carbocycles. The summed E-state index contributed by atoms with van der Waals surface area (Å²) in [4.78, 5) is 1.13. The minimum absolute atomic E-state index is 0.0105. The lowest BCUT2D eigenvalue weighted by atomic mass is 10.1. The van der Waals surface area contributed by atoms with Gasteiger partial charge in [-0.1, -0.05) is 19.1 Å². The first kappa shape index (κ1) is 14.0. The Hall–Kier alpha value is -1.39. The van der Waals surface area contributed by atoms with Crippen molar-refractivity contribution >= 4 is 11.3 Å². The average molecular weight is 279 g/mol. The van der Waals surface area contributed by atoms with Crippen molar-refractivity contribution in [2.75, 3.05) is 6.54 Å². The maximum Gasteiger partial charge on any atom is 0.131 e. The summed E-state index contributed by atoms with van der Waals surface area (Å²) in [6.45, 7) is 5.26. The van der Waals surface area contributed by atoms with Gasteiger partial charge in [0.1, 0.15) is 18.2 Å². The summed E-state index contributed by atoms with van der Waals surface area (Å²) in [7, 11) is 0. The number of ether oxygens (including phenoxy) is 1. The predicted octanol–water partition coefficient (Wildman–Crippen LogP) is 4.14. The Kier molecular flexibility index (Phi) is 4.93. The normalized spacial score (nSPS) is 12.4. The molecule has 0 amide bonds. The van der Waals surface area contributed by atoms with E-state index in [4.69, 9.17) is 4.74 Å². The standard InChI is InChI=1S/C15H18FNOS/c1-3-17-11(2)14-7-6-12(9-15(14)16)18-10-13-5-4-8-19-13/h4-9,11,17H,3,10H2,1-2H3. The Morgan fingerprint density at radius 3 is 2.84 bits per heavy atom. The van der Waals surface area contributed by atoms with E-state index in [-0.39, 0.29) is 11.9 Å². The highest BCUT2D eigenvalue weighted by molar-refractivity contribution is 7.09. The molecule has 0 fully saturated rings. The molecule has 19 heavy (non-hydrogen) atoms. The molecule has 1 aromatic heterocycles. The van der Waals surface area contributed by atoms with Crippen molar-refractivity contribution in [1.29, 1.82) is 0 Å². The Bertz CT molecular complexity index is 513. The Morgan fingerprint density at radius 2 is 2.21 bits per heavy atom. The second-order valence-corrected chi connectivity index (χ2v) is 5.36. The van der Waals surface area contributed by atoms with E-state index in [9.17, 15) is 4.39 Å². The van der Waals surface area contributed by atoms with Crippen LogP contribution in [0.5, 0.6) is 5.75 Å². The smallest absolute Gasteiger partial charge is 0.131 e. The molecule has 0 bridgehead atoms. The van der Waals surface area contributed by atoms with Gasteiger partial charge in [0, 0.05) is 22.5 Å². The molecule has 1 aromatic carbocycles. The van der Waals surface area contributed by atoms with Gasteiger partial charge in [0.15, 0.2) is 0 Å². The monoisotopic (exact) mass is 279 g/mol. The van der Waals surface area contributed by atoms with E-state index in [1.807, 2.05) is 37.4 Å². The van der Waals surface area contributed by atoms with Gasteiger partial charge in [0.05, 0.1) is 0 Å². The van der Waals surface area contributed by atoms with Crippen LogP contribution in [0.3, 0.4) is 0 Å². The fourth-order valence-electron chi connectivity index (χ4n) is 1.91. The van der Waals surface area contributed by atoms with Crippen LogP contribution in [0.1, 0.15) is 30.3 Å². The van der Waals surface area contributed by atoms with E-state index >= 15 is 0 Å². The summed E-state index contributed by atoms with van der Waals surface area (Å²) in [5.41, 5.74) is 0.672. The van der Waals surface area contributed by atoms with Crippen molar-refractivity contribution in [2.45, 2.75) is 26.5 Å². The summed E-state index contributed by atoms with van der Waals surface area (Å²) >= 11 is 1.63. The first-order valence-corrected chi connectivity index (χ1v) is 7.26. The van der Waals surface area contributed by atoms with Crippen LogP contribution in [0.4, 0.5) is 4.39 Å². The number of hydrogen-bond acceptors (Lipinski definition) is 3. The van der Waals surface area contributed by atoms with Crippen LogP contribution >= 0.6 is 11.3 Å². The molecule has 102 valence electrons. The molecule has 2 aromatic rings. The molecule has 0 aliphatic rings. The second-order valence-electron chi connectivity index (χ2n) is 4.33. The van der Waals surface area contributed by atoms with Crippen molar-refractivity contribution in [3.63, 3.8) is 0 Å². The van der Waals surface area contributed by atoms with Crippen molar-refractivity contribution in [1.82, 2.24) is 5.32 Å². The van der Waals surface area contributed by atoms with E-state index in [2.05, 4.69) is 5.32 Å². The van der Waals surface area contributed by atoms with Gasteiger partial charge in [-0.25, -0.2) is 4.39 Å². The highest BCUT2D eigenvalue weighted by Crippen LogP contribution is 2.23. The van der Waals surface area contributed by atoms with Crippen LogP contribution in [0.25, 0.3) is 0 Å². The molecule has 1 N–H and O–H groups in total. The zero-order valence-corrected chi connectivity index (χ0v) is 12.0. The van der Waals surface area contributed by atoms with Crippen molar-refractivity contribution in [3.05, 3.63) is 52.0 Å². The lowest BCUT2D eigenvalue weighted by Crippen LogP contribution is -2.18. The summed E-state index contributed by atoms with van der Waals surface area (Å²) in [5, 5.41) is 5.20. The van der Waals surface area contributed by atoms with Gasteiger partial charge < -0.3 is 10.1 Å². The van der Waals surface area contributed by atoms with Crippen LogP contribution < -0.4 is 10.1 Å². The van der Waals surface area contributed by atoms with E-state index in [1.54, 1.807) is 17.4 Å². The summed E-state index contributed by atoms with van der Waals surface area (Å²) in [6, 6.07) is 9.05. The zero-order valence-electron chi connectivity index (χ0n) is 11.2. The maximum atomic E-state index is 14.0. The Balaban J connectivity index is 2.02. The van der Waals surface area contributed by atoms with Gasteiger partial charge in [-0.05, 0) is 31.0 Å². The first-order chi connectivity index (χ1) is 9.20. The molecule has 1 unspecified atom stereocenters. The molecule has 0 aliphatic heterocycles. The van der Waals surface area contributed by atoms with Crippen LogP contribution in [0, 0.1) is 5.82 Å². The first-order valence-electron chi connectivity index (χ1n) is 6.38. The van der Waals surface area contributed by atoms with E-state index < -0.39 is 0 Å². The molecular weight excluding hydrogens is 261 g/mol. The quantitative estimate of drug-likeness (QED) is 0.858. The third-order valence-electron chi connectivity index (χ3n) is 2.91. The van der Waals surface area contributed by atoms with Crippen LogP contribution in [0.15, 0.2) is 35.7 Å². The zero-order chi connectivity index (χ0) is 13.7. The number of thiophene rings is 1. The number of nitrogens with one attached hydrogen (secondary N) is 1. The van der Waals surface area contributed by atoms with Crippen LogP contribution in [-0.4, -0.2) is 6.54 Å². The van der Waals surface area contributed by atoms with Gasteiger partial charge in [-0.15, -0.1) is 11.3 Å². The topological polar surface area (TPSA) is 21.3 Å². The predicted molar refractivity (Wildman–Crippen MR) is 77.1 cm³/mol. The molecule has 1 atom stereocenters. The fourth-order valence-corrected chi connectivity index (χ4v) is 2.53. The van der Waals surface area contributed by atoms with Gasteiger partial charge in [-0.3, -0.25) is 0 Å². The molecular formula is C15H18FNOS. The average Bonchev–Trinajstić information content (AvgIpc) is 2.89. The molecule has 0 saturated carbocycles. The van der Waals surface area contributed by atoms with Crippen LogP contribution in [0.2, 0.25) is 0 Å². The van der Waals surface area contributed by atoms with Crippen molar-refractivity contribution in [3.8, 4) is 5.75 Å². The molecule has 0 radical (unpaired) electrons. The van der Waals surface area contributed by atoms with E-state index in [0.717, 1.165) is 11.4 Å². The molecule has 4 heteroatoms. The largest absolute Gasteiger partial charge is 0.488 e. The van der Waals surface area contributed by atoms with Crippen molar-refractivity contribution < 1.29 is 9.13 Å². The van der Waals surface area contributed by atoms with Gasteiger partial charge in [0.25, 0.3) is 0 Å². The van der Waals surface area contributed by atoms with Crippen LogP contribution in [-0.2, 0) is 6.61 Å². The third kappa shape index (κ3) is 3.78. The SMILES string of the molecule is CCNC(C)c1ccc(OCc2cccs2)cc1F. The Morgan fingerprint density at radius 1 is 1.37 bits per heavy atom. The fraction of sp³-hybridized carbons (Fsp3) is 0.333. The lowest BCUT2D eigenvalue weighted by Gasteiger charge is -2.14. The molecule has 2 rings (SSSR count). The summed E-state index contributed by atoms with van der Waals surface area (Å²) < 4.78 is 19.5. The van der Waals surface area contributed by atoms with Gasteiger partial charge in [0.2, 0.25) is 0 Å². The van der Waals surface area contributed by atoms with Gasteiger partial charge >= 0.3 is 0 Å². The lowest BCUT2D eigenvalue weighted by molar-refractivity contribution is 0.307. The minimum atomic E-state index is -0.225. The number of benzene rings is 1. The molecule has 1 heterocycles. The number of rotatable bonds is 6. The molecule has 0 spiro atoms. The minimum Gasteiger partial charge on any atom is -0.488 e. The number of halogens is 1. The van der Waals surface area contributed by atoms with E-state index in [1.165, 1.54) is 6.07 Å². The Labute approximate surface area is 117 Å². The van der Waals surface area contributed by atoms with E-state index in [0.29, 0.717) is 17.9 Å². The highest BCUT2D eigenvalue weighted by Gasteiger charge is 2.10. The summed E-state index contributed by atoms with van der Waals surface area (Å²) in [6.07, 6.45) is 0. The highest BCUT2D eigenvalue weighted by atomic mass is 32.1. The molecule has 0 saturated heterocycles. The summed E-state index contributed by atoms with van der Waals surface area (Å²) in [5.74, 6) is 0.343. The third-order valence-corrected chi connectivity index (χ3v) is 3.76. The second kappa shape index (κ2) is 6.68. The number of hydrogen-bond donors (Lipinski definition) is 1. The van der Waals surface area contributed by atoms with Crippen molar-refractivity contribution in [2.24, 2.45) is 0 Å². The maximum absolute atomic E-state index is 14.0.